The molecular formula is C17H28N2. The van der Waals surface area contributed by atoms with Crippen LogP contribution in [0.4, 0.5) is 0 Å². The lowest BCUT2D eigenvalue weighted by Crippen LogP contribution is -2.67. The van der Waals surface area contributed by atoms with E-state index in [2.05, 4.69) is 68.2 Å². The molecule has 0 amide bonds. The van der Waals surface area contributed by atoms with Gasteiger partial charge in [-0.25, -0.2) is 0 Å². The van der Waals surface area contributed by atoms with E-state index in [1.807, 2.05) is 0 Å². The zero-order valence-corrected chi connectivity index (χ0v) is 12.9. The standard InChI is InChI=1S/C17H28N2/c1-5-17(6-2)14-19(7-3)16(4,13-18-17)15-11-9-8-10-12-15/h8-12,18H,5-7,13-14H2,1-4H3. The van der Waals surface area contributed by atoms with Gasteiger partial charge in [0.2, 0.25) is 0 Å². The molecule has 1 unspecified atom stereocenters. The Hall–Kier alpha value is -0.860. The molecule has 1 heterocycles. The highest BCUT2D eigenvalue weighted by molar-refractivity contribution is 5.26. The van der Waals surface area contributed by atoms with E-state index in [1.165, 1.54) is 18.4 Å². The molecular weight excluding hydrogens is 232 g/mol. The lowest BCUT2D eigenvalue weighted by Gasteiger charge is -2.53. The van der Waals surface area contributed by atoms with Gasteiger partial charge in [0.1, 0.15) is 0 Å². The highest BCUT2D eigenvalue weighted by Gasteiger charge is 2.43. The molecule has 0 aromatic heterocycles. The van der Waals surface area contributed by atoms with Crippen molar-refractivity contribution in [2.24, 2.45) is 0 Å². The van der Waals surface area contributed by atoms with Crippen molar-refractivity contribution in [2.45, 2.75) is 51.6 Å². The molecule has 106 valence electrons. The van der Waals surface area contributed by atoms with Gasteiger partial charge in [-0.2, -0.15) is 0 Å². The van der Waals surface area contributed by atoms with Crippen molar-refractivity contribution in [1.29, 1.82) is 0 Å². The van der Waals surface area contributed by atoms with Crippen molar-refractivity contribution in [3.05, 3.63) is 35.9 Å². The van der Waals surface area contributed by atoms with E-state index in [0.717, 1.165) is 19.6 Å². The third-order valence-corrected chi connectivity index (χ3v) is 5.13. The second-order valence-corrected chi connectivity index (χ2v) is 6.00. The molecule has 0 aliphatic carbocycles. The fourth-order valence-corrected chi connectivity index (χ4v) is 3.33. The number of nitrogens with one attached hydrogen (secondary N) is 1. The molecule has 0 saturated carbocycles. The third-order valence-electron chi connectivity index (χ3n) is 5.13. The van der Waals surface area contributed by atoms with Gasteiger partial charge in [-0.05, 0) is 31.9 Å². The van der Waals surface area contributed by atoms with Gasteiger partial charge in [0, 0.05) is 18.6 Å². The van der Waals surface area contributed by atoms with Crippen molar-refractivity contribution < 1.29 is 0 Å². The molecule has 1 aliphatic rings. The van der Waals surface area contributed by atoms with Gasteiger partial charge in [-0.15, -0.1) is 0 Å². The zero-order valence-electron chi connectivity index (χ0n) is 12.9. The van der Waals surface area contributed by atoms with Crippen LogP contribution < -0.4 is 5.32 Å². The van der Waals surface area contributed by atoms with Gasteiger partial charge in [0.15, 0.2) is 0 Å². The van der Waals surface area contributed by atoms with Crippen LogP contribution in [0.5, 0.6) is 0 Å². The number of piperazine rings is 1. The van der Waals surface area contributed by atoms with E-state index in [0.29, 0.717) is 5.54 Å². The van der Waals surface area contributed by atoms with Crippen LogP contribution in [0.2, 0.25) is 0 Å². The van der Waals surface area contributed by atoms with Crippen molar-refractivity contribution in [2.75, 3.05) is 19.6 Å². The first-order valence-corrected chi connectivity index (χ1v) is 7.66. The predicted molar refractivity (Wildman–Crippen MR) is 82.4 cm³/mol. The first-order valence-electron chi connectivity index (χ1n) is 7.66. The molecule has 0 spiro atoms. The molecule has 2 heteroatoms. The number of likely N-dealkylation sites (N-methyl/N-ethyl adjacent to an activating group) is 1. The van der Waals surface area contributed by atoms with E-state index in [4.69, 9.17) is 0 Å². The average molecular weight is 260 g/mol. The van der Waals surface area contributed by atoms with Crippen LogP contribution in [0.3, 0.4) is 0 Å². The molecule has 0 radical (unpaired) electrons. The quantitative estimate of drug-likeness (QED) is 0.893. The molecule has 1 aromatic carbocycles. The average Bonchev–Trinajstić information content (AvgIpc) is 2.49. The van der Waals surface area contributed by atoms with Crippen LogP contribution in [0.1, 0.15) is 46.1 Å². The third kappa shape index (κ3) is 2.56. The minimum Gasteiger partial charge on any atom is -0.308 e. The second kappa shape index (κ2) is 5.64. The number of rotatable bonds is 4. The summed E-state index contributed by atoms with van der Waals surface area (Å²) in [5.41, 5.74) is 1.83. The van der Waals surface area contributed by atoms with E-state index in [1.54, 1.807) is 0 Å². The highest BCUT2D eigenvalue weighted by atomic mass is 15.3. The molecule has 1 aliphatic heterocycles. The smallest absolute Gasteiger partial charge is 0.0558 e. The Bertz CT molecular complexity index is 397. The summed E-state index contributed by atoms with van der Waals surface area (Å²) in [5.74, 6) is 0. The van der Waals surface area contributed by atoms with Crippen LogP contribution in [0.15, 0.2) is 30.3 Å². The monoisotopic (exact) mass is 260 g/mol. The summed E-state index contributed by atoms with van der Waals surface area (Å²) in [6.07, 6.45) is 2.40. The fraction of sp³-hybridized carbons (Fsp3) is 0.647. The second-order valence-electron chi connectivity index (χ2n) is 6.00. The molecule has 1 fully saturated rings. The summed E-state index contributed by atoms with van der Waals surface area (Å²) in [6, 6.07) is 10.9. The lowest BCUT2D eigenvalue weighted by atomic mass is 9.81. The van der Waals surface area contributed by atoms with Crippen LogP contribution >= 0.6 is 0 Å². The Labute approximate surface area is 118 Å². The highest BCUT2D eigenvalue weighted by Crippen LogP contribution is 2.34. The Balaban J connectivity index is 2.29. The summed E-state index contributed by atoms with van der Waals surface area (Å²) in [6.45, 7) is 12.5. The lowest BCUT2D eigenvalue weighted by molar-refractivity contribution is 0.0129. The Kier molecular flexibility index (Phi) is 4.32. The largest absolute Gasteiger partial charge is 0.308 e. The maximum absolute atomic E-state index is 3.84. The first kappa shape index (κ1) is 14.5. The van der Waals surface area contributed by atoms with Crippen molar-refractivity contribution >= 4 is 0 Å². The normalized spacial score (nSPS) is 27.4. The van der Waals surface area contributed by atoms with Gasteiger partial charge in [0.05, 0.1) is 5.54 Å². The van der Waals surface area contributed by atoms with Gasteiger partial charge in [-0.1, -0.05) is 51.1 Å². The maximum atomic E-state index is 3.84. The molecule has 0 bridgehead atoms. The summed E-state index contributed by atoms with van der Waals surface area (Å²) in [7, 11) is 0. The van der Waals surface area contributed by atoms with Crippen LogP contribution in [-0.4, -0.2) is 30.1 Å². The Morgan fingerprint density at radius 1 is 1.11 bits per heavy atom. The van der Waals surface area contributed by atoms with Crippen LogP contribution in [0.25, 0.3) is 0 Å². The van der Waals surface area contributed by atoms with E-state index in [-0.39, 0.29) is 5.54 Å². The number of hydrogen-bond donors (Lipinski definition) is 1. The summed E-state index contributed by atoms with van der Waals surface area (Å²) in [4.78, 5) is 2.64. The predicted octanol–water partition coefficient (Wildman–Crippen LogP) is 3.39. The number of nitrogens with zero attached hydrogens (tertiary/aromatic N) is 1. The van der Waals surface area contributed by atoms with E-state index in [9.17, 15) is 0 Å². The molecule has 1 saturated heterocycles. The summed E-state index contributed by atoms with van der Waals surface area (Å²) >= 11 is 0. The van der Waals surface area contributed by atoms with Crippen molar-refractivity contribution in [3.8, 4) is 0 Å². The summed E-state index contributed by atoms with van der Waals surface area (Å²) < 4.78 is 0. The van der Waals surface area contributed by atoms with Gasteiger partial charge < -0.3 is 5.32 Å². The Morgan fingerprint density at radius 3 is 2.26 bits per heavy atom. The number of hydrogen-bond acceptors (Lipinski definition) is 2. The van der Waals surface area contributed by atoms with Gasteiger partial charge in [0.25, 0.3) is 0 Å². The van der Waals surface area contributed by atoms with Crippen molar-refractivity contribution in [1.82, 2.24) is 10.2 Å². The molecule has 2 rings (SSSR count). The van der Waals surface area contributed by atoms with Gasteiger partial charge in [-0.3, -0.25) is 4.90 Å². The fourth-order valence-electron chi connectivity index (χ4n) is 3.33. The molecule has 1 atom stereocenters. The number of benzene rings is 1. The van der Waals surface area contributed by atoms with Crippen LogP contribution in [0, 0.1) is 0 Å². The first-order chi connectivity index (χ1) is 9.10. The maximum Gasteiger partial charge on any atom is 0.0558 e. The van der Waals surface area contributed by atoms with E-state index < -0.39 is 0 Å². The van der Waals surface area contributed by atoms with Gasteiger partial charge >= 0.3 is 0 Å². The van der Waals surface area contributed by atoms with Crippen molar-refractivity contribution in [3.63, 3.8) is 0 Å². The summed E-state index contributed by atoms with van der Waals surface area (Å²) in [5, 5.41) is 3.84. The molecule has 19 heavy (non-hydrogen) atoms. The Morgan fingerprint density at radius 2 is 1.74 bits per heavy atom. The minimum absolute atomic E-state index is 0.115. The molecule has 1 N–H and O–H groups in total. The minimum atomic E-state index is 0.115. The molecule has 1 aromatic rings. The van der Waals surface area contributed by atoms with E-state index >= 15 is 0 Å². The molecule has 2 nitrogen and oxygen atoms in total. The van der Waals surface area contributed by atoms with Crippen LogP contribution in [-0.2, 0) is 5.54 Å². The SMILES string of the molecule is CCN1CC(CC)(CC)NCC1(C)c1ccccc1. The topological polar surface area (TPSA) is 15.3 Å². The zero-order chi connectivity index (χ0) is 13.9.